The Hall–Kier alpha value is -1.83. The van der Waals surface area contributed by atoms with Crippen molar-refractivity contribution < 1.29 is 9.26 Å². The molecule has 0 bridgehead atoms. The van der Waals surface area contributed by atoms with Crippen LogP contribution in [0.5, 0.6) is 0 Å². The van der Waals surface area contributed by atoms with Crippen molar-refractivity contribution >= 4 is 0 Å². The van der Waals surface area contributed by atoms with Gasteiger partial charge in [0, 0.05) is 44.6 Å². The van der Waals surface area contributed by atoms with E-state index in [-0.39, 0.29) is 6.10 Å². The van der Waals surface area contributed by atoms with Gasteiger partial charge in [0.25, 0.3) is 5.89 Å². The molecule has 2 aromatic rings. The number of hydrogen-bond donors (Lipinski definition) is 0. The van der Waals surface area contributed by atoms with Crippen molar-refractivity contribution in [1.82, 2.24) is 24.9 Å². The van der Waals surface area contributed by atoms with E-state index in [4.69, 9.17) is 9.26 Å². The highest BCUT2D eigenvalue weighted by Crippen LogP contribution is 2.25. The molecule has 0 spiro atoms. The number of hydrogen-bond acceptors (Lipinski definition) is 7. The maximum atomic E-state index is 5.82. The molecule has 7 heteroatoms. The van der Waals surface area contributed by atoms with Crippen molar-refractivity contribution in [3.05, 3.63) is 41.3 Å². The number of morpholine rings is 1. The molecule has 0 radical (unpaired) electrons. The van der Waals surface area contributed by atoms with Crippen LogP contribution in [0.2, 0.25) is 0 Å². The van der Waals surface area contributed by atoms with Gasteiger partial charge in [-0.05, 0) is 50.4 Å². The summed E-state index contributed by atoms with van der Waals surface area (Å²) in [5, 5.41) is 3.88. The fourth-order valence-electron chi connectivity index (χ4n) is 3.80. The summed E-state index contributed by atoms with van der Waals surface area (Å²) >= 11 is 0. The van der Waals surface area contributed by atoms with E-state index in [1.807, 2.05) is 19.3 Å². The zero-order valence-electron chi connectivity index (χ0n) is 15.6. The van der Waals surface area contributed by atoms with Gasteiger partial charge in [-0.3, -0.25) is 9.88 Å². The molecule has 0 amide bonds. The monoisotopic (exact) mass is 357 g/mol. The largest absolute Gasteiger partial charge is 0.366 e. The van der Waals surface area contributed by atoms with E-state index in [1.165, 1.54) is 17.5 Å². The molecule has 1 atom stereocenters. The first kappa shape index (κ1) is 17.6. The number of pyridine rings is 1. The van der Waals surface area contributed by atoms with Crippen LogP contribution in [0, 0.1) is 13.8 Å². The normalized spacial score (nSPS) is 22.5. The van der Waals surface area contributed by atoms with E-state index in [1.54, 1.807) is 0 Å². The van der Waals surface area contributed by atoms with Gasteiger partial charge in [0.1, 0.15) is 6.10 Å². The average molecular weight is 357 g/mol. The first-order valence-corrected chi connectivity index (χ1v) is 9.47. The Balaban J connectivity index is 1.20. The molecule has 0 aliphatic carbocycles. The second kappa shape index (κ2) is 7.82. The predicted octanol–water partition coefficient (Wildman–Crippen LogP) is 1.77. The molecule has 0 saturated carbocycles. The van der Waals surface area contributed by atoms with Crippen molar-refractivity contribution in [3.63, 3.8) is 0 Å². The number of rotatable bonds is 6. The Morgan fingerprint density at radius 3 is 2.88 bits per heavy atom. The van der Waals surface area contributed by atoms with Gasteiger partial charge in [0.15, 0.2) is 5.82 Å². The van der Waals surface area contributed by atoms with E-state index in [2.05, 4.69) is 37.9 Å². The molecule has 2 aliphatic heterocycles. The minimum atomic E-state index is -0.0902. The van der Waals surface area contributed by atoms with Crippen molar-refractivity contribution in [1.29, 1.82) is 0 Å². The first-order valence-electron chi connectivity index (χ1n) is 9.47. The summed E-state index contributed by atoms with van der Waals surface area (Å²) in [7, 11) is 0. The lowest BCUT2D eigenvalue weighted by Crippen LogP contribution is -2.61. The number of aryl methyl sites for hydroxylation is 3. The maximum Gasteiger partial charge on any atom is 0.257 e. The first-order chi connectivity index (χ1) is 12.7. The van der Waals surface area contributed by atoms with Crippen LogP contribution >= 0.6 is 0 Å². The molecule has 4 rings (SSSR count). The van der Waals surface area contributed by atoms with E-state index in [0.29, 0.717) is 17.8 Å². The second-order valence-electron chi connectivity index (χ2n) is 7.35. The van der Waals surface area contributed by atoms with Gasteiger partial charge in [0.2, 0.25) is 0 Å². The number of ether oxygens (including phenoxy) is 1. The third-order valence-corrected chi connectivity index (χ3v) is 5.44. The molecule has 140 valence electrons. The summed E-state index contributed by atoms with van der Waals surface area (Å²) < 4.78 is 11.1. The van der Waals surface area contributed by atoms with E-state index in [0.717, 1.165) is 45.8 Å². The van der Waals surface area contributed by atoms with Crippen molar-refractivity contribution in [2.24, 2.45) is 0 Å². The molecule has 2 aromatic heterocycles. The lowest BCUT2D eigenvalue weighted by atomic mass is 10.0. The summed E-state index contributed by atoms with van der Waals surface area (Å²) in [6, 6.07) is 2.71. The van der Waals surface area contributed by atoms with Crippen molar-refractivity contribution in [2.75, 3.05) is 39.3 Å². The number of nitrogens with zero attached hydrogens (tertiary/aromatic N) is 5. The van der Waals surface area contributed by atoms with Gasteiger partial charge < -0.3 is 14.2 Å². The van der Waals surface area contributed by atoms with Crippen LogP contribution in [0.1, 0.15) is 35.4 Å². The molecule has 26 heavy (non-hydrogen) atoms. The third kappa shape index (κ3) is 3.95. The predicted molar refractivity (Wildman–Crippen MR) is 96.8 cm³/mol. The second-order valence-corrected chi connectivity index (χ2v) is 7.35. The highest BCUT2D eigenvalue weighted by Gasteiger charge is 2.36. The summed E-state index contributed by atoms with van der Waals surface area (Å²) in [4.78, 5) is 13.6. The number of aromatic nitrogens is 3. The quantitative estimate of drug-likeness (QED) is 0.780. The van der Waals surface area contributed by atoms with Gasteiger partial charge in [-0.2, -0.15) is 4.98 Å². The van der Waals surface area contributed by atoms with Gasteiger partial charge in [-0.1, -0.05) is 5.16 Å². The Bertz CT molecular complexity index is 728. The van der Waals surface area contributed by atoms with Gasteiger partial charge in [-0.15, -0.1) is 0 Å². The zero-order valence-corrected chi connectivity index (χ0v) is 15.6. The van der Waals surface area contributed by atoms with E-state index < -0.39 is 0 Å². The smallest absolute Gasteiger partial charge is 0.257 e. The van der Waals surface area contributed by atoms with Crippen LogP contribution in [0.3, 0.4) is 0 Å². The summed E-state index contributed by atoms with van der Waals surface area (Å²) in [6.07, 6.45) is 6.07. The third-order valence-electron chi connectivity index (χ3n) is 5.44. The van der Waals surface area contributed by atoms with Gasteiger partial charge in [0.05, 0.1) is 6.61 Å². The number of likely N-dealkylation sites (tertiary alicyclic amines) is 1. The minimum Gasteiger partial charge on any atom is -0.366 e. The molecular weight excluding hydrogens is 330 g/mol. The molecule has 2 aliphatic rings. The van der Waals surface area contributed by atoms with Crippen LogP contribution in [0.25, 0.3) is 0 Å². The molecule has 2 saturated heterocycles. The zero-order chi connectivity index (χ0) is 17.9. The molecule has 4 heterocycles. The summed E-state index contributed by atoms with van der Waals surface area (Å²) in [5.41, 5.74) is 2.72. The minimum absolute atomic E-state index is 0.0902. The average Bonchev–Trinajstić information content (AvgIpc) is 3.05. The van der Waals surface area contributed by atoms with Crippen LogP contribution < -0.4 is 0 Å². The van der Waals surface area contributed by atoms with E-state index in [9.17, 15) is 0 Å². The summed E-state index contributed by atoms with van der Waals surface area (Å²) in [5.74, 6) is 1.27. The van der Waals surface area contributed by atoms with Gasteiger partial charge in [-0.25, -0.2) is 0 Å². The molecular formula is C19H27N5O2. The standard InChI is InChI=1S/C19H27N5O2/c1-14-5-6-20-10-16(14)4-3-7-23-11-17(12-23)24-8-9-25-18(13-24)19-21-15(2)22-26-19/h5-6,10,17-18H,3-4,7-9,11-13H2,1-2H3. The van der Waals surface area contributed by atoms with Crippen LogP contribution in [0.4, 0.5) is 0 Å². The van der Waals surface area contributed by atoms with Crippen molar-refractivity contribution in [3.8, 4) is 0 Å². The molecule has 1 unspecified atom stereocenters. The van der Waals surface area contributed by atoms with Crippen LogP contribution in [-0.2, 0) is 11.2 Å². The highest BCUT2D eigenvalue weighted by molar-refractivity contribution is 5.21. The molecule has 0 N–H and O–H groups in total. The van der Waals surface area contributed by atoms with Crippen molar-refractivity contribution in [2.45, 2.75) is 38.8 Å². The lowest BCUT2D eigenvalue weighted by Gasteiger charge is -2.47. The Morgan fingerprint density at radius 2 is 2.12 bits per heavy atom. The fourth-order valence-corrected chi connectivity index (χ4v) is 3.80. The SMILES string of the molecule is Cc1noc(C2CN(C3CN(CCCc4cnccc4C)C3)CCO2)n1. The fraction of sp³-hybridized carbons (Fsp3) is 0.632. The molecule has 7 nitrogen and oxygen atoms in total. The summed E-state index contributed by atoms with van der Waals surface area (Å²) in [6.45, 7) is 9.99. The topological polar surface area (TPSA) is 67.5 Å². The van der Waals surface area contributed by atoms with Gasteiger partial charge >= 0.3 is 0 Å². The maximum absolute atomic E-state index is 5.82. The molecule has 2 fully saturated rings. The lowest BCUT2D eigenvalue weighted by molar-refractivity contribution is -0.0831. The molecule has 0 aromatic carbocycles. The Kier molecular flexibility index (Phi) is 5.28. The van der Waals surface area contributed by atoms with Crippen LogP contribution in [0.15, 0.2) is 23.0 Å². The Morgan fingerprint density at radius 1 is 1.23 bits per heavy atom. The highest BCUT2D eigenvalue weighted by atomic mass is 16.5. The Labute approximate surface area is 154 Å². The van der Waals surface area contributed by atoms with E-state index >= 15 is 0 Å². The van der Waals surface area contributed by atoms with Crippen LogP contribution in [-0.4, -0.2) is 70.3 Å².